The number of aromatic nitrogens is 1. The maximum Gasteiger partial charge on any atom is 0.122 e. The molecule has 1 rings (SSSR count). The summed E-state index contributed by atoms with van der Waals surface area (Å²) in [5.41, 5.74) is 1.99. The molecule has 0 saturated carbocycles. The Bertz CT molecular complexity index is 329. The number of pyridine rings is 1. The lowest BCUT2D eigenvalue weighted by molar-refractivity contribution is 0.144. The highest BCUT2D eigenvalue weighted by atomic mass is 16.5. The minimum absolute atomic E-state index is 0.768. The molecule has 4 nitrogen and oxygen atoms in total. The molecule has 0 bridgehead atoms. The summed E-state index contributed by atoms with van der Waals surface area (Å²) in [5.74, 6) is 0.864. The highest BCUT2D eigenvalue weighted by molar-refractivity contribution is 5.26. The van der Waals surface area contributed by atoms with Crippen LogP contribution >= 0.6 is 0 Å². The third-order valence-corrected chi connectivity index (χ3v) is 2.37. The van der Waals surface area contributed by atoms with Crippen molar-refractivity contribution in [2.75, 3.05) is 26.9 Å². The normalized spacial score (nSPS) is 10.5. The van der Waals surface area contributed by atoms with Gasteiger partial charge in [0.2, 0.25) is 0 Å². The molecule has 0 aliphatic carbocycles. The summed E-state index contributed by atoms with van der Waals surface area (Å²) < 4.78 is 10.5. The van der Waals surface area contributed by atoms with Crippen molar-refractivity contribution in [1.29, 1.82) is 0 Å². The molecule has 0 aliphatic heterocycles. The van der Waals surface area contributed by atoms with Crippen LogP contribution in [0.15, 0.2) is 12.1 Å². The number of methoxy groups -OCH3 is 1. The van der Waals surface area contributed by atoms with Gasteiger partial charge >= 0.3 is 0 Å². The van der Waals surface area contributed by atoms with Crippen molar-refractivity contribution in [3.8, 4) is 5.75 Å². The van der Waals surface area contributed by atoms with Crippen LogP contribution in [0.4, 0.5) is 0 Å². The van der Waals surface area contributed by atoms with Gasteiger partial charge in [0.05, 0.1) is 12.8 Å². The summed E-state index contributed by atoms with van der Waals surface area (Å²) in [6.45, 7) is 7.30. The van der Waals surface area contributed by atoms with E-state index < -0.39 is 0 Å². The van der Waals surface area contributed by atoms with Gasteiger partial charge in [-0.1, -0.05) is 0 Å². The zero-order valence-corrected chi connectivity index (χ0v) is 11.0. The molecule has 1 aromatic heterocycles. The lowest BCUT2D eigenvalue weighted by Crippen LogP contribution is -2.17. The van der Waals surface area contributed by atoms with Gasteiger partial charge in [-0.3, -0.25) is 4.98 Å². The number of ether oxygens (including phenoxy) is 2. The lowest BCUT2D eigenvalue weighted by Gasteiger charge is -2.07. The first-order valence-corrected chi connectivity index (χ1v) is 6.06. The average Bonchev–Trinajstić information content (AvgIpc) is 2.33. The van der Waals surface area contributed by atoms with E-state index in [4.69, 9.17) is 9.47 Å². The minimum Gasteiger partial charge on any atom is -0.497 e. The summed E-state index contributed by atoms with van der Waals surface area (Å²) in [6.07, 6.45) is 1.02. The van der Waals surface area contributed by atoms with Gasteiger partial charge in [0.1, 0.15) is 5.75 Å². The Labute approximate surface area is 103 Å². The summed E-state index contributed by atoms with van der Waals surface area (Å²) in [4.78, 5) is 4.44. The highest BCUT2D eigenvalue weighted by Gasteiger charge is 1.99. The molecule has 17 heavy (non-hydrogen) atoms. The molecule has 0 spiro atoms. The minimum atomic E-state index is 0.768. The molecule has 0 atom stereocenters. The Kier molecular flexibility index (Phi) is 6.58. The highest BCUT2D eigenvalue weighted by Crippen LogP contribution is 2.12. The van der Waals surface area contributed by atoms with E-state index in [2.05, 4.69) is 10.3 Å². The van der Waals surface area contributed by atoms with Crippen LogP contribution in [0.2, 0.25) is 0 Å². The van der Waals surface area contributed by atoms with Crippen LogP contribution in [0.5, 0.6) is 5.75 Å². The van der Waals surface area contributed by atoms with E-state index in [0.29, 0.717) is 0 Å². The fourth-order valence-corrected chi connectivity index (χ4v) is 1.57. The molecule has 0 fully saturated rings. The number of nitrogens with one attached hydrogen (secondary N) is 1. The quantitative estimate of drug-likeness (QED) is 0.703. The molecule has 1 aromatic rings. The van der Waals surface area contributed by atoms with Crippen LogP contribution in [-0.4, -0.2) is 31.9 Å². The van der Waals surface area contributed by atoms with Gasteiger partial charge in [0, 0.05) is 37.6 Å². The maximum atomic E-state index is 5.27. The molecule has 0 aromatic carbocycles. The number of hydrogen-bond donors (Lipinski definition) is 1. The predicted molar refractivity (Wildman–Crippen MR) is 68.3 cm³/mol. The van der Waals surface area contributed by atoms with Crippen LogP contribution in [0.25, 0.3) is 0 Å². The van der Waals surface area contributed by atoms with Crippen molar-refractivity contribution in [2.24, 2.45) is 0 Å². The summed E-state index contributed by atoms with van der Waals surface area (Å²) in [6, 6.07) is 3.89. The first-order valence-electron chi connectivity index (χ1n) is 6.06. The summed E-state index contributed by atoms with van der Waals surface area (Å²) >= 11 is 0. The van der Waals surface area contributed by atoms with Gasteiger partial charge in [-0.25, -0.2) is 0 Å². The Morgan fingerprint density at radius 3 is 2.88 bits per heavy atom. The number of nitrogens with zero attached hydrogens (tertiary/aromatic N) is 1. The molecule has 0 unspecified atom stereocenters. The van der Waals surface area contributed by atoms with Crippen molar-refractivity contribution in [2.45, 2.75) is 26.8 Å². The molecular formula is C13H22N2O2. The second-order valence-corrected chi connectivity index (χ2v) is 3.87. The van der Waals surface area contributed by atoms with Crippen LogP contribution in [0, 0.1) is 6.92 Å². The van der Waals surface area contributed by atoms with Gasteiger partial charge in [0.15, 0.2) is 0 Å². The van der Waals surface area contributed by atoms with Crippen molar-refractivity contribution in [3.63, 3.8) is 0 Å². The fraction of sp³-hybridized carbons (Fsp3) is 0.615. The molecule has 96 valence electrons. The molecule has 1 N–H and O–H groups in total. The second kappa shape index (κ2) is 8.03. The van der Waals surface area contributed by atoms with Gasteiger partial charge in [-0.05, 0) is 26.8 Å². The fourth-order valence-electron chi connectivity index (χ4n) is 1.57. The standard InChI is InChI=1S/C13H22N2O2/c1-4-17-7-5-6-14-10-12-9-13(16-3)8-11(2)15-12/h8-9,14H,4-7,10H2,1-3H3. The zero-order valence-electron chi connectivity index (χ0n) is 11.0. The van der Waals surface area contributed by atoms with E-state index in [-0.39, 0.29) is 0 Å². The topological polar surface area (TPSA) is 43.4 Å². The largest absolute Gasteiger partial charge is 0.497 e. The molecule has 0 aliphatic rings. The van der Waals surface area contributed by atoms with Gasteiger partial charge < -0.3 is 14.8 Å². The van der Waals surface area contributed by atoms with E-state index >= 15 is 0 Å². The van der Waals surface area contributed by atoms with Crippen molar-refractivity contribution >= 4 is 0 Å². The van der Waals surface area contributed by atoms with E-state index in [1.807, 2.05) is 26.0 Å². The van der Waals surface area contributed by atoms with Crippen LogP contribution in [0.1, 0.15) is 24.7 Å². The van der Waals surface area contributed by atoms with Gasteiger partial charge in [-0.15, -0.1) is 0 Å². The van der Waals surface area contributed by atoms with E-state index in [0.717, 1.165) is 49.9 Å². The molecule has 0 radical (unpaired) electrons. The van der Waals surface area contributed by atoms with Crippen LogP contribution < -0.4 is 10.1 Å². The summed E-state index contributed by atoms with van der Waals surface area (Å²) in [5, 5.41) is 3.34. The number of hydrogen-bond acceptors (Lipinski definition) is 4. The molecule has 0 amide bonds. The van der Waals surface area contributed by atoms with Gasteiger partial charge in [0.25, 0.3) is 0 Å². The third-order valence-electron chi connectivity index (χ3n) is 2.37. The van der Waals surface area contributed by atoms with Crippen molar-refractivity contribution in [1.82, 2.24) is 10.3 Å². The number of rotatable bonds is 8. The first kappa shape index (κ1) is 13.9. The zero-order chi connectivity index (χ0) is 12.5. The smallest absolute Gasteiger partial charge is 0.122 e. The van der Waals surface area contributed by atoms with Crippen LogP contribution in [0.3, 0.4) is 0 Å². The van der Waals surface area contributed by atoms with Crippen molar-refractivity contribution in [3.05, 3.63) is 23.5 Å². The second-order valence-electron chi connectivity index (χ2n) is 3.87. The van der Waals surface area contributed by atoms with Gasteiger partial charge in [-0.2, -0.15) is 0 Å². The SMILES string of the molecule is CCOCCCNCc1cc(OC)cc(C)n1. The Morgan fingerprint density at radius 2 is 2.18 bits per heavy atom. The van der Waals surface area contributed by atoms with Crippen LogP contribution in [-0.2, 0) is 11.3 Å². The number of aryl methyl sites for hydroxylation is 1. The Morgan fingerprint density at radius 1 is 1.35 bits per heavy atom. The maximum absolute atomic E-state index is 5.27. The lowest BCUT2D eigenvalue weighted by atomic mass is 10.3. The predicted octanol–water partition coefficient (Wildman–Crippen LogP) is 1.91. The average molecular weight is 238 g/mol. The molecule has 0 saturated heterocycles. The molecule has 4 heteroatoms. The van der Waals surface area contributed by atoms with E-state index in [1.54, 1.807) is 7.11 Å². The monoisotopic (exact) mass is 238 g/mol. The Balaban J connectivity index is 2.28. The summed E-state index contributed by atoms with van der Waals surface area (Å²) in [7, 11) is 1.67. The Hall–Kier alpha value is -1.13. The van der Waals surface area contributed by atoms with Crippen molar-refractivity contribution < 1.29 is 9.47 Å². The van der Waals surface area contributed by atoms with E-state index in [1.165, 1.54) is 0 Å². The first-order chi connectivity index (χ1) is 8.26. The third kappa shape index (κ3) is 5.65. The molecular weight excluding hydrogens is 216 g/mol. The van der Waals surface area contributed by atoms with E-state index in [9.17, 15) is 0 Å². The molecule has 1 heterocycles.